The van der Waals surface area contributed by atoms with Crippen LogP contribution in [0.2, 0.25) is 0 Å². The number of hydrogen-bond donors (Lipinski definition) is 2. The van der Waals surface area contributed by atoms with Gasteiger partial charge in [0.25, 0.3) is 0 Å². The number of nitrogens with two attached hydrogens (primary N) is 1. The first-order valence-corrected chi connectivity index (χ1v) is 5.27. The van der Waals surface area contributed by atoms with Crippen molar-refractivity contribution in [1.82, 2.24) is 14.9 Å². The van der Waals surface area contributed by atoms with E-state index in [9.17, 15) is 0 Å². The van der Waals surface area contributed by atoms with Gasteiger partial charge in [-0.15, -0.1) is 11.8 Å². The molecule has 0 fully saturated rings. The van der Waals surface area contributed by atoms with E-state index < -0.39 is 0 Å². The zero-order valence-corrected chi connectivity index (χ0v) is 9.21. The van der Waals surface area contributed by atoms with Crippen LogP contribution in [0.5, 0.6) is 0 Å². The van der Waals surface area contributed by atoms with Crippen molar-refractivity contribution in [2.24, 2.45) is 5.84 Å². The summed E-state index contributed by atoms with van der Waals surface area (Å²) in [6, 6.07) is 1.83. The minimum Gasteiger partial charge on any atom is -0.309 e. The highest BCUT2D eigenvalue weighted by molar-refractivity contribution is 7.99. The molecule has 0 aliphatic carbocycles. The maximum atomic E-state index is 5.24. The quantitative estimate of drug-likeness (QED) is 0.320. The van der Waals surface area contributed by atoms with Crippen LogP contribution in [0.15, 0.2) is 17.4 Å². The first kappa shape index (κ1) is 11.2. The number of hydrogen-bond acceptors (Lipinski definition) is 6. The Balaban J connectivity index is 2.42. The summed E-state index contributed by atoms with van der Waals surface area (Å²) in [5.74, 6) is 6.89. The first-order valence-electron chi connectivity index (χ1n) is 4.28. The molecule has 1 heterocycles. The molecule has 0 aromatic carbocycles. The van der Waals surface area contributed by atoms with Crippen LogP contribution in [0.3, 0.4) is 0 Å². The predicted octanol–water partition coefficient (Wildman–Crippen LogP) is 0.416. The van der Waals surface area contributed by atoms with Crippen LogP contribution < -0.4 is 11.3 Å². The molecule has 0 amide bonds. The number of thioether (sulfide) groups is 1. The number of aromatic nitrogens is 2. The molecule has 0 unspecified atom stereocenters. The number of hydrazine groups is 1. The summed E-state index contributed by atoms with van der Waals surface area (Å²) < 4.78 is 0. The number of rotatable bonds is 5. The molecule has 6 heteroatoms. The third kappa shape index (κ3) is 3.91. The van der Waals surface area contributed by atoms with Gasteiger partial charge >= 0.3 is 0 Å². The lowest BCUT2D eigenvalue weighted by atomic mass is 10.6. The molecule has 78 valence electrons. The average molecular weight is 213 g/mol. The van der Waals surface area contributed by atoms with Crippen molar-refractivity contribution in [3.05, 3.63) is 12.4 Å². The lowest BCUT2D eigenvalue weighted by Gasteiger charge is -2.08. The Morgan fingerprint density at radius 1 is 1.50 bits per heavy atom. The van der Waals surface area contributed by atoms with Gasteiger partial charge in [0.1, 0.15) is 17.2 Å². The molecule has 1 aromatic rings. The zero-order valence-electron chi connectivity index (χ0n) is 8.40. The average Bonchev–Trinajstić information content (AvgIpc) is 2.18. The van der Waals surface area contributed by atoms with Crippen molar-refractivity contribution in [1.29, 1.82) is 0 Å². The Morgan fingerprint density at radius 3 is 2.93 bits per heavy atom. The van der Waals surface area contributed by atoms with Crippen LogP contribution in [0.1, 0.15) is 0 Å². The number of nitrogens with one attached hydrogen (secondary N) is 1. The second-order valence-corrected chi connectivity index (χ2v) is 4.15. The first-order chi connectivity index (χ1) is 6.72. The molecular formula is C8H15N5S. The Kier molecular flexibility index (Phi) is 4.64. The van der Waals surface area contributed by atoms with Crippen LogP contribution in [-0.2, 0) is 0 Å². The number of anilines is 1. The second kappa shape index (κ2) is 5.79. The van der Waals surface area contributed by atoms with E-state index in [1.165, 1.54) is 6.33 Å². The van der Waals surface area contributed by atoms with E-state index in [0.717, 1.165) is 17.3 Å². The minimum atomic E-state index is 0.646. The highest BCUT2D eigenvalue weighted by Crippen LogP contribution is 2.16. The largest absolute Gasteiger partial charge is 0.309 e. The normalized spacial score (nSPS) is 10.6. The van der Waals surface area contributed by atoms with Gasteiger partial charge in [0.05, 0.1) is 0 Å². The van der Waals surface area contributed by atoms with Crippen LogP contribution >= 0.6 is 11.8 Å². The van der Waals surface area contributed by atoms with E-state index in [4.69, 9.17) is 5.84 Å². The van der Waals surface area contributed by atoms with Gasteiger partial charge in [-0.05, 0) is 14.1 Å². The molecule has 14 heavy (non-hydrogen) atoms. The van der Waals surface area contributed by atoms with Crippen molar-refractivity contribution in [3.8, 4) is 0 Å². The van der Waals surface area contributed by atoms with Crippen molar-refractivity contribution < 1.29 is 0 Å². The molecule has 0 saturated heterocycles. The predicted molar refractivity (Wildman–Crippen MR) is 59.1 cm³/mol. The molecule has 1 aromatic heterocycles. The van der Waals surface area contributed by atoms with E-state index in [1.807, 2.05) is 20.2 Å². The minimum absolute atomic E-state index is 0.646. The maximum absolute atomic E-state index is 5.24. The van der Waals surface area contributed by atoms with Gasteiger partial charge in [-0.25, -0.2) is 15.8 Å². The lowest BCUT2D eigenvalue weighted by Crippen LogP contribution is -2.14. The van der Waals surface area contributed by atoms with Crippen LogP contribution in [0, 0.1) is 0 Å². The number of nitrogen functional groups attached to an aromatic ring is 1. The molecule has 0 radical (unpaired) electrons. The van der Waals surface area contributed by atoms with Crippen molar-refractivity contribution >= 4 is 17.6 Å². The summed E-state index contributed by atoms with van der Waals surface area (Å²) in [5.41, 5.74) is 2.49. The lowest BCUT2D eigenvalue weighted by molar-refractivity contribution is 0.437. The fourth-order valence-electron chi connectivity index (χ4n) is 0.830. The van der Waals surface area contributed by atoms with Gasteiger partial charge in [-0.1, -0.05) is 0 Å². The summed E-state index contributed by atoms with van der Waals surface area (Å²) >= 11 is 1.69. The summed E-state index contributed by atoms with van der Waals surface area (Å²) in [6.45, 7) is 1.03. The second-order valence-electron chi connectivity index (χ2n) is 3.04. The highest BCUT2D eigenvalue weighted by Gasteiger charge is 1.98. The highest BCUT2D eigenvalue weighted by atomic mass is 32.2. The molecule has 0 spiro atoms. The van der Waals surface area contributed by atoms with Crippen LogP contribution in [0.4, 0.5) is 5.82 Å². The summed E-state index contributed by atoms with van der Waals surface area (Å²) in [6.07, 6.45) is 1.51. The molecule has 5 nitrogen and oxygen atoms in total. The van der Waals surface area contributed by atoms with Crippen LogP contribution in [-0.4, -0.2) is 41.3 Å². The summed E-state index contributed by atoms with van der Waals surface area (Å²) in [5, 5.41) is 0.940. The monoisotopic (exact) mass is 213 g/mol. The van der Waals surface area contributed by atoms with E-state index in [1.54, 1.807) is 11.8 Å². The van der Waals surface area contributed by atoms with Crippen LogP contribution in [0.25, 0.3) is 0 Å². The maximum Gasteiger partial charge on any atom is 0.144 e. The van der Waals surface area contributed by atoms with Gasteiger partial charge in [-0.3, -0.25) is 0 Å². The Bertz CT molecular complexity index is 278. The Hall–Kier alpha value is -0.850. The van der Waals surface area contributed by atoms with E-state index in [0.29, 0.717) is 5.82 Å². The Labute approximate surface area is 88.1 Å². The van der Waals surface area contributed by atoms with Crippen molar-refractivity contribution in [2.45, 2.75) is 5.03 Å². The molecule has 0 atom stereocenters. The van der Waals surface area contributed by atoms with Gasteiger partial charge in [0.2, 0.25) is 0 Å². The van der Waals surface area contributed by atoms with Crippen molar-refractivity contribution in [3.63, 3.8) is 0 Å². The molecular weight excluding hydrogens is 198 g/mol. The Morgan fingerprint density at radius 2 is 2.29 bits per heavy atom. The molecule has 0 bridgehead atoms. The van der Waals surface area contributed by atoms with E-state index >= 15 is 0 Å². The molecule has 0 saturated carbocycles. The van der Waals surface area contributed by atoms with Gasteiger partial charge < -0.3 is 10.3 Å². The fraction of sp³-hybridized carbons (Fsp3) is 0.500. The van der Waals surface area contributed by atoms with Gasteiger partial charge in [0, 0.05) is 18.4 Å². The SMILES string of the molecule is CN(C)CCSc1cc(NN)ncn1. The topological polar surface area (TPSA) is 67.1 Å². The fourth-order valence-corrected chi connectivity index (χ4v) is 1.81. The number of nitrogens with zero attached hydrogens (tertiary/aromatic N) is 3. The van der Waals surface area contributed by atoms with Gasteiger partial charge in [-0.2, -0.15) is 0 Å². The summed E-state index contributed by atoms with van der Waals surface area (Å²) in [7, 11) is 4.10. The smallest absolute Gasteiger partial charge is 0.144 e. The van der Waals surface area contributed by atoms with Gasteiger partial charge in [0.15, 0.2) is 0 Å². The third-order valence-corrected chi connectivity index (χ3v) is 2.48. The third-order valence-electron chi connectivity index (χ3n) is 1.58. The standard InChI is InChI=1S/C8H15N5S/c1-13(2)3-4-14-8-5-7(12-9)10-6-11-8/h5-6H,3-4,9H2,1-2H3,(H,10,11,12). The molecule has 1 rings (SSSR count). The zero-order chi connectivity index (χ0) is 10.4. The molecule has 0 aliphatic rings. The molecule has 3 N–H and O–H groups in total. The molecule has 0 aliphatic heterocycles. The van der Waals surface area contributed by atoms with E-state index in [-0.39, 0.29) is 0 Å². The van der Waals surface area contributed by atoms with E-state index in [2.05, 4.69) is 20.3 Å². The summed E-state index contributed by atoms with van der Waals surface area (Å²) in [4.78, 5) is 10.2. The van der Waals surface area contributed by atoms with Crippen molar-refractivity contribution in [2.75, 3.05) is 31.8 Å².